The predicted octanol–water partition coefficient (Wildman–Crippen LogP) is 0.705. The summed E-state index contributed by atoms with van der Waals surface area (Å²) in [6, 6.07) is 1.20. The van der Waals surface area contributed by atoms with Gasteiger partial charge in [-0.2, -0.15) is 0 Å². The minimum atomic E-state index is -0.653. The molecule has 1 aliphatic rings. The van der Waals surface area contributed by atoms with E-state index in [0.717, 1.165) is 19.3 Å². The SMILES string of the molecule is O=C(NCCN1CCOCC1)c1cc(Cl)ncc1[N+](=O)[O-]. The lowest BCUT2D eigenvalue weighted by atomic mass is 10.2. The molecule has 1 aromatic heterocycles. The Balaban J connectivity index is 1.93. The highest BCUT2D eigenvalue weighted by atomic mass is 35.5. The molecule has 1 aliphatic heterocycles. The monoisotopic (exact) mass is 314 g/mol. The molecule has 1 N–H and O–H groups in total. The summed E-state index contributed by atoms with van der Waals surface area (Å²) in [7, 11) is 0. The second-order valence-corrected chi connectivity index (χ2v) is 4.88. The van der Waals surface area contributed by atoms with Crippen LogP contribution in [0.5, 0.6) is 0 Å². The smallest absolute Gasteiger partial charge is 0.300 e. The second-order valence-electron chi connectivity index (χ2n) is 4.49. The summed E-state index contributed by atoms with van der Waals surface area (Å²) in [5.41, 5.74) is -0.440. The number of nitro groups is 1. The van der Waals surface area contributed by atoms with Gasteiger partial charge in [0, 0.05) is 26.2 Å². The average Bonchev–Trinajstić information content (AvgIpc) is 2.47. The number of hydrogen-bond donors (Lipinski definition) is 1. The van der Waals surface area contributed by atoms with Crippen LogP contribution in [0.25, 0.3) is 0 Å². The van der Waals surface area contributed by atoms with Crippen LogP contribution in [0, 0.1) is 10.1 Å². The zero-order valence-electron chi connectivity index (χ0n) is 11.2. The molecule has 0 spiro atoms. The molecule has 0 unspecified atom stereocenters. The Morgan fingerprint density at radius 2 is 2.24 bits per heavy atom. The summed E-state index contributed by atoms with van der Waals surface area (Å²) in [5.74, 6) is -0.528. The molecule has 21 heavy (non-hydrogen) atoms. The van der Waals surface area contributed by atoms with Gasteiger partial charge in [0.15, 0.2) is 0 Å². The number of rotatable bonds is 5. The first-order valence-corrected chi connectivity index (χ1v) is 6.84. The number of morpholine rings is 1. The molecule has 0 aliphatic carbocycles. The van der Waals surface area contributed by atoms with Crippen molar-refractivity contribution in [3.8, 4) is 0 Å². The molecule has 0 radical (unpaired) electrons. The fraction of sp³-hybridized carbons (Fsp3) is 0.500. The Morgan fingerprint density at radius 3 is 2.90 bits per heavy atom. The summed E-state index contributed by atoms with van der Waals surface area (Å²) in [6.45, 7) is 4.06. The molecular weight excluding hydrogens is 300 g/mol. The van der Waals surface area contributed by atoms with Crippen molar-refractivity contribution in [3.05, 3.63) is 33.1 Å². The number of amides is 1. The average molecular weight is 315 g/mol. The van der Waals surface area contributed by atoms with Crippen molar-refractivity contribution in [1.29, 1.82) is 0 Å². The van der Waals surface area contributed by atoms with Gasteiger partial charge < -0.3 is 10.1 Å². The van der Waals surface area contributed by atoms with Crippen LogP contribution < -0.4 is 5.32 Å². The van der Waals surface area contributed by atoms with Gasteiger partial charge in [-0.3, -0.25) is 19.8 Å². The van der Waals surface area contributed by atoms with Crippen molar-refractivity contribution in [3.63, 3.8) is 0 Å². The van der Waals surface area contributed by atoms with Crippen LogP contribution >= 0.6 is 11.6 Å². The number of nitrogens with zero attached hydrogens (tertiary/aromatic N) is 3. The van der Waals surface area contributed by atoms with Gasteiger partial charge >= 0.3 is 0 Å². The molecule has 1 fully saturated rings. The molecule has 8 nitrogen and oxygen atoms in total. The van der Waals surface area contributed by atoms with Crippen LogP contribution in [-0.2, 0) is 4.74 Å². The molecule has 2 rings (SSSR count). The Labute approximate surface area is 126 Å². The third-order valence-electron chi connectivity index (χ3n) is 3.11. The topological polar surface area (TPSA) is 97.6 Å². The van der Waals surface area contributed by atoms with Gasteiger partial charge in [0.2, 0.25) is 0 Å². The molecule has 1 amide bonds. The number of pyridine rings is 1. The first-order chi connectivity index (χ1) is 10.1. The lowest BCUT2D eigenvalue weighted by molar-refractivity contribution is -0.385. The van der Waals surface area contributed by atoms with Crippen molar-refractivity contribution in [1.82, 2.24) is 15.2 Å². The van der Waals surface area contributed by atoms with Crippen LogP contribution in [-0.4, -0.2) is 60.1 Å². The van der Waals surface area contributed by atoms with E-state index >= 15 is 0 Å². The molecule has 1 saturated heterocycles. The van der Waals surface area contributed by atoms with Crippen LogP contribution in [0.15, 0.2) is 12.3 Å². The maximum atomic E-state index is 12.0. The van der Waals surface area contributed by atoms with Crippen LogP contribution in [0.1, 0.15) is 10.4 Å². The van der Waals surface area contributed by atoms with Gasteiger partial charge in [-0.25, -0.2) is 4.98 Å². The fourth-order valence-electron chi connectivity index (χ4n) is 2.00. The molecule has 0 saturated carbocycles. The lowest BCUT2D eigenvalue weighted by Crippen LogP contribution is -2.41. The van der Waals surface area contributed by atoms with E-state index in [1.165, 1.54) is 6.07 Å². The maximum absolute atomic E-state index is 12.0. The van der Waals surface area contributed by atoms with Crippen molar-refractivity contribution >= 4 is 23.2 Å². The Bertz CT molecular complexity index is 534. The Kier molecular flexibility index (Phi) is 5.43. The Hall–Kier alpha value is -1.77. The number of carbonyl (C=O) groups excluding carboxylic acids is 1. The highest BCUT2D eigenvalue weighted by Gasteiger charge is 2.21. The summed E-state index contributed by atoms with van der Waals surface area (Å²) >= 11 is 5.69. The zero-order valence-corrected chi connectivity index (χ0v) is 12.0. The minimum Gasteiger partial charge on any atom is -0.379 e. The number of carbonyl (C=O) groups is 1. The van der Waals surface area contributed by atoms with Crippen molar-refractivity contribution < 1.29 is 14.5 Å². The molecule has 2 heterocycles. The van der Waals surface area contributed by atoms with E-state index < -0.39 is 10.8 Å². The van der Waals surface area contributed by atoms with Gasteiger partial charge in [0.25, 0.3) is 11.6 Å². The fourth-order valence-corrected chi connectivity index (χ4v) is 2.16. The molecule has 0 aromatic carbocycles. The third-order valence-corrected chi connectivity index (χ3v) is 3.31. The van der Waals surface area contributed by atoms with Gasteiger partial charge in [-0.05, 0) is 6.07 Å². The van der Waals surface area contributed by atoms with Gasteiger partial charge in [-0.15, -0.1) is 0 Å². The first kappa shape index (κ1) is 15.6. The molecule has 1 aromatic rings. The summed E-state index contributed by atoms with van der Waals surface area (Å²) in [5, 5.41) is 13.6. The lowest BCUT2D eigenvalue weighted by Gasteiger charge is -2.26. The summed E-state index contributed by atoms with van der Waals surface area (Å²) in [4.78, 5) is 28.0. The third kappa shape index (κ3) is 4.35. The van der Waals surface area contributed by atoms with E-state index in [4.69, 9.17) is 16.3 Å². The van der Waals surface area contributed by atoms with E-state index in [2.05, 4.69) is 15.2 Å². The molecule has 0 atom stereocenters. The zero-order chi connectivity index (χ0) is 15.2. The molecule has 0 bridgehead atoms. The maximum Gasteiger partial charge on any atom is 0.300 e. The molecule has 9 heteroatoms. The summed E-state index contributed by atoms with van der Waals surface area (Å²) < 4.78 is 5.23. The highest BCUT2D eigenvalue weighted by molar-refractivity contribution is 6.29. The number of hydrogen-bond acceptors (Lipinski definition) is 6. The highest BCUT2D eigenvalue weighted by Crippen LogP contribution is 2.20. The van der Waals surface area contributed by atoms with E-state index in [-0.39, 0.29) is 16.4 Å². The quantitative estimate of drug-likeness (QED) is 0.488. The first-order valence-electron chi connectivity index (χ1n) is 6.46. The molecule has 114 valence electrons. The van der Waals surface area contributed by atoms with Crippen LogP contribution in [0.4, 0.5) is 5.69 Å². The molecular formula is C12H15ClN4O4. The number of ether oxygens (including phenoxy) is 1. The summed E-state index contributed by atoms with van der Waals surface area (Å²) in [6.07, 6.45) is 0.985. The van der Waals surface area contributed by atoms with Crippen molar-refractivity contribution in [2.24, 2.45) is 0 Å². The number of nitrogens with one attached hydrogen (secondary N) is 1. The Morgan fingerprint density at radius 1 is 1.52 bits per heavy atom. The van der Waals surface area contributed by atoms with Gasteiger partial charge in [-0.1, -0.05) is 11.6 Å². The van der Waals surface area contributed by atoms with E-state index in [1.54, 1.807) is 0 Å². The second kappa shape index (κ2) is 7.30. The predicted molar refractivity (Wildman–Crippen MR) is 75.5 cm³/mol. The van der Waals surface area contributed by atoms with E-state index in [9.17, 15) is 14.9 Å². The van der Waals surface area contributed by atoms with Crippen LogP contribution in [0.3, 0.4) is 0 Å². The van der Waals surface area contributed by atoms with Gasteiger partial charge in [0.05, 0.1) is 18.1 Å². The largest absolute Gasteiger partial charge is 0.379 e. The van der Waals surface area contributed by atoms with E-state index in [0.29, 0.717) is 26.3 Å². The number of halogens is 1. The minimum absolute atomic E-state index is 0.0407. The van der Waals surface area contributed by atoms with Gasteiger partial charge in [0.1, 0.15) is 16.9 Å². The standard InChI is InChI=1S/C12H15ClN4O4/c13-11-7-9(10(8-15-11)17(19)20)12(18)14-1-2-16-3-5-21-6-4-16/h7-8H,1-6H2,(H,14,18). The van der Waals surface area contributed by atoms with E-state index in [1.807, 2.05) is 0 Å². The van der Waals surface area contributed by atoms with Crippen molar-refractivity contribution in [2.45, 2.75) is 0 Å². The van der Waals surface area contributed by atoms with Crippen molar-refractivity contribution in [2.75, 3.05) is 39.4 Å². The normalized spacial score (nSPS) is 15.7. The van der Waals surface area contributed by atoms with Crippen LogP contribution in [0.2, 0.25) is 5.15 Å². The number of aromatic nitrogens is 1.